The minimum atomic E-state index is -0.732. The van der Waals surface area contributed by atoms with Gasteiger partial charge >= 0.3 is 0 Å². The molecular weight excluding hydrogens is 264 g/mol. The second-order valence-electron chi connectivity index (χ2n) is 4.94. The number of rotatable bonds is 3. The summed E-state index contributed by atoms with van der Waals surface area (Å²) in [7, 11) is 1.98. The van der Waals surface area contributed by atoms with Crippen LogP contribution < -0.4 is 5.32 Å². The van der Waals surface area contributed by atoms with Gasteiger partial charge in [0.2, 0.25) is 0 Å². The van der Waals surface area contributed by atoms with Crippen molar-refractivity contribution in [2.24, 2.45) is 0 Å². The van der Waals surface area contributed by atoms with Gasteiger partial charge < -0.3 is 15.1 Å². The summed E-state index contributed by atoms with van der Waals surface area (Å²) in [5, 5.41) is 2.61. The van der Waals surface area contributed by atoms with Crippen molar-refractivity contribution in [3.63, 3.8) is 0 Å². The third kappa shape index (κ3) is 3.07. The van der Waals surface area contributed by atoms with Gasteiger partial charge in [-0.3, -0.25) is 4.79 Å². The van der Waals surface area contributed by atoms with Gasteiger partial charge in [-0.25, -0.2) is 8.78 Å². The zero-order valence-corrected chi connectivity index (χ0v) is 11.7. The minimum absolute atomic E-state index is 0.0613. The highest BCUT2D eigenvalue weighted by Gasteiger charge is 2.22. The Bertz CT molecular complexity index is 476. The van der Waals surface area contributed by atoms with E-state index in [9.17, 15) is 13.6 Å². The number of piperazine rings is 1. The molecule has 0 aliphatic carbocycles. The maximum absolute atomic E-state index is 13.8. The number of halogens is 2. The summed E-state index contributed by atoms with van der Waals surface area (Å²) in [6, 6.07) is 2.20. The molecule has 1 N–H and O–H groups in total. The molecule has 1 saturated heterocycles. The molecule has 1 aliphatic rings. The van der Waals surface area contributed by atoms with E-state index in [2.05, 4.69) is 10.2 Å². The molecule has 1 fully saturated rings. The van der Waals surface area contributed by atoms with Crippen molar-refractivity contribution in [2.45, 2.75) is 6.92 Å². The van der Waals surface area contributed by atoms with Crippen LogP contribution in [0.1, 0.15) is 17.3 Å². The average Bonchev–Trinajstić information content (AvgIpc) is 2.42. The molecule has 1 amide bonds. The molecule has 1 heterocycles. The van der Waals surface area contributed by atoms with Crippen LogP contribution in [-0.4, -0.2) is 55.5 Å². The van der Waals surface area contributed by atoms with Gasteiger partial charge in [0, 0.05) is 38.3 Å². The Morgan fingerprint density at radius 2 is 1.75 bits per heavy atom. The highest BCUT2D eigenvalue weighted by Crippen LogP contribution is 2.21. The zero-order valence-electron chi connectivity index (χ0n) is 11.7. The van der Waals surface area contributed by atoms with Crippen molar-refractivity contribution in [1.29, 1.82) is 0 Å². The third-order valence-corrected chi connectivity index (χ3v) is 3.43. The molecule has 0 radical (unpaired) electrons. The smallest absolute Gasteiger partial charge is 0.254 e. The fourth-order valence-corrected chi connectivity index (χ4v) is 2.23. The number of amides is 1. The first-order valence-electron chi connectivity index (χ1n) is 6.73. The highest BCUT2D eigenvalue weighted by atomic mass is 19.1. The first kappa shape index (κ1) is 14.7. The summed E-state index contributed by atoms with van der Waals surface area (Å²) in [6.07, 6.45) is 0. The van der Waals surface area contributed by atoms with E-state index in [1.54, 1.807) is 11.8 Å². The lowest BCUT2D eigenvalue weighted by Gasteiger charge is -2.32. The normalized spacial score (nSPS) is 16.3. The Labute approximate surface area is 117 Å². The molecule has 6 heteroatoms. The summed E-state index contributed by atoms with van der Waals surface area (Å²) in [4.78, 5) is 16.0. The van der Waals surface area contributed by atoms with E-state index in [1.165, 1.54) is 0 Å². The third-order valence-electron chi connectivity index (χ3n) is 3.43. The van der Waals surface area contributed by atoms with Crippen LogP contribution in [-0.2, 0) is 0 Å². The number of carbonyl (C=O) groups excluding carboxylic acids is 1. The molecule has 110 valence electrons. The summed E-state index contributed by atoms with van der Waals surface area (Å²) >= 11 is 0. The molecule has 0 bridgehead atoms. The van der Waals surface area contributed by atoms with Crippen LogP contribution in [0.4, 0.5) is 14.5 Å². The number of carbonyl (C=O) groups is 1. The second kappa shape index (κ2) is 6.17. The number of nitrogens with zero attached hydrogens (tertiary/aromatic N) is 2. The van der Waals surface area contributed by atoms with Gasteiger partial charge in [0.05, 0.1) is 0 Å². The quantitative estimate of drug-likeness (QED) is 0.918. The first-order valence-corrected chi connectivity index (χ1v) is 6.73. The van der Waals surface area contributed by atoms with E-state index in [1.807, 2.05) is 7.05 Å². The van der Waals surface area contributed by atoms with Crippen LogP contribution in [0.2, 0.25) is 0 Å². The van der Waals surface area contributed by atoms with Crippen LogP contribution in [0.15, 0.2) is 12.1 Å². The molecule has 1 aliphatic heterocycles. The Kier molecular flexibility index (Phi) is 4.54. The lowest BCUT2D eigenvalue weighted by molar-refractivity contribution is 0.0663. The fourth-order valence-electron chi connectivity index (χ4n) is 2.23. The van der Waals surface area contributed by atoms with Crippen LogP contribution in [0.25, 0.3) is 0 Å². The van der Waals surface area contributed by atoms with Gasteiger partial charge in [-0.05, 0) is 26.1 Å². The molecule has 0 saturated carbocycles. The van der Waals surface area contributed by atoms with Crippen LogP contribution in [0.3, 0.4) is 0 Å². The number of nitrogens with one attached hydrogen (secondary N) is 1. The van der Waals surface area contributed by atoms with E-state index in [4.69, 9.17) is 0 Å². The van der Waals surface area contributed by atoms with Crippen molar-refractivity contribution in [3.8, 4) is 0 Å². The molecular formula is C14H19F2N3O. The molecule has 0 spiro atoms. The van der Waals surface area contributed by atoms with Crippen molar-refractivity contribution >= 4 is 11.6 Å². The highest BCUT2D eigenvalue weighted by molar-refractivity contribution is 5.94. The number of hydrogen-bond acceptors (Lipinski definition) is 3. The Morgan fingerprint density at radius 1 is 1.20 bits per heavy atom. The second-order valence-corrected chi connectivity index (χ2v) is 4.94. The number of hydrogen-bond donors (Lipinski definition) is 1. The van der Waals surface area contributed by atoms with Gasteiger partial charge in [-0.15, -0.1) is 0 Å². The predicted octanol–water partition coefficient (Wildman–Crippen LogP) is 1.78. The molecule has 1 aromatic rings. The maximum atomic E-state index is 13.8. The monoisotopic (exact) mass is 283 g/mol. The molecule has 2 rings (SSSR count). The standard InChI is InChI=1S/C14H19F2N3O/c1-3-17-13-11(15)8-10(9-12(13)16)14(20)19-6-4-18(2)5-7-19/h8-9,17H,3-7H2,1-2H3. The largest absolute Gasteiger partial charge is 0.381 e. The summed E-state index contributed by atoms with van der Waals surface area (Å²) < 4.78 is 27.6. The van der Waals surface area contributed by atoms with Crippen LogP contribution in [0.5, 0.6) is 0 Å². The van der Waals surface area contributed by atoms with Crippen molar-refractivity contribution in [1.82, 2.24) is 9.80 Å². The Morgan fingerprint density at radius 3 is 2.25 bits per heavy atom. The topological polar surface area (TPSA) is 35.6 Å². The van der Waals surface area contributed by atoms with Crippen LogP contribution in [0, 0.1) is 11.6 Å². The van der Waals surface area contributed by atoms with Gasteiger partial charge in [0.1, 0.15) is 17.3 Å². The average molecular weight is 283 g/mol. The summed E-state index contributed by atoms with van der Waals surface area (Å²) in [5.41, 5.74) is -0.117. The van der Waals surface area contributed by atoms with E-state index < -0.39 is 11.6 Å². The van der Waals surface area contributed by atoms with Crippen molar-refractivity contribution < 1.29 is 13.6 Å². The molecule has 0 unspecified atom stereocenters. The lowest BCUT2D eigenvalue weighted by atomic mass is 10.1. The molecule has 4 nitrogen and oxygen atoms in total. The SMILES string of the molecule is CCNc1c(F)cc(C(=O)N2CCN(C)CC2)cc1F. The summed E-state index contributed by atoms with van der Waals surface area (Å²) in [6.45, 7) is 4.86. The van der Waals surface area contributed by atoms with E-state index in [0.29, 0.717) is 19.6 Å². The molecule has 1 aromatic carbocycles. The lowest BCUT2D eigenvalue weighted by Crippen LogP contribution is -2.47. The van der Waals surface area contributed by atoms with E-state index in [-0.39, 0.29) is 17.2 Å². The van der Waals surface area contributed by atoms with Crippen molar-refractivity contribution in [3.05, 3.63) is 29.3 Å². The minimum Gasteiger partial charge on any atom is -0.381 e. The fraction of sp³-hybridized carbons (Fsp3) is 0.500. The summed E-state index contributed by atoms with van der Waals surface area (Å²) in [5.74, 6) is -1.78. The number of anilines is 1. The van der Waals surface area contributed by atoms with Gasteiger partial charge in [-0.2, -0.15) is 0 Å². The van der Waals surface area contributed by atoms with Gasteiger partial charge in [0.25, 0.3) is 5.91 Å². The maximum Gasteiger partial charge on any atom is 0.254 e. The number of benzene rings is 1. The molecule has 0 aromatic heterocycles. The number of likely N-dealkylation sites (N-methyl/N-ethyl adjacent to an activating group) is 1. The van der Waals surface area contributed by atoms with E-state index in [0.717, 1.165) is 25.2 Å². The molecule has 0 atom stereocenters. The van der Waals surface area contributed by atoms with Gasteiger partial charge in [0.15, 0.2) is 0 Å². The van der Waals surface area contributed by atoms with Crippen LogP contribution >= 0.6 is 0 Å². The molecule has 20 heavy (non-hydrogen) atoms. The van der Waals surface area contributed by atoms with E-state index >= 15 is 0 Å². The first-order chi connectivity index (χ1) is 9.52. The zero-order chi connectivity index (χ0) is 14.7. The van der Waals surface area contributed by atoms with Gasteiger partial charge in [-0.1, -0.05) is 0 Å². The Balaban J connectivity index is 2.18. The van der Waals surface area contributed by atoms with Crippen molar-refractivity contribution in [2.75, 3.05) is 45.1 Å². The Hall–Kier alpha value is -1.69. The predicted molar refractivity (Wildman–Crippen MR) is 73.9 cm³/mol.